The Hall–Kier alpha value is -2.49. The second-order valence-electron chi connectivity index (χ2n) is 5.46. The van der Waals surface area contributed by atoms with E-state index < -0.39 is 20.0 Å². The van der Waals surface area contributed by atoms with Crippen molar-refractivity contribution in [2.45, 2.75) is 16.7 Å². The first kappa shape index (κ1) is 18.3. The van der Waals surface area contributed by atoms with Gasteiger partial charge in [0.15, 0.2) is 0 Å². The van der Waals surface area contributed by atoms with Crippen molar-refractivity contribution in [1.82, 2.24) is 9.71 Å². The molecule has 0 saturated carbocycles. The van der Waals surface area contributed by atoms with E-state index in [0.717, 1.165) is 0 Å². The summed E-state index contributed by atoms with van der Waals surface area (Å²) in [5.41, 5.74) is 0.627. The minimum atomic E-state index is -3.88. The van der Waals surface area contributed by atoms with Crippen molar-refractivity contribution in [3.63, 3.8) is 0 Å². The van der Waals surface area contributed by atoms with Gasteiger partial charge in [-0.05, 0) is 36.4 Å². The number of anilines is 1. The van der Waals surface area contributed by atoms with E-state index in [4.69, 9.17) is 0 Å². The molecule has 0 saturated heterocycles. The number of nitrogens with zero attached hydrogens (tertiary/aromatic N) is 1. The number of aromatic nitrogens is 1. The third-order valence-corrected chi connectivity index (χ3v) is 6.61. The third-order valence-electron chi connectivity index (χ3n) is 3.64. The van der Waals surface area contributed by atoms with Crippen LogP contribution >= 0.6 is 0 Å². The zero-order valence-electron chi connectivity index (χ0n) is 13.9. The van der Waals surface area contributed by atoms with Crippen LogP contribution in [0.2, 0.25) is 0 Å². The molecule has 0 radical (unpaired) electrons. The van der Waals surface area contributed by atoms with E-state index in [1.165, 1.54) is 36.5 Å². The first-order valence-corrected chi connectivity index (χ1v) is 10.8. The van der Waals surface area contributed by atoms with Gasteiger partial charge in [0.25, 0.3) is 10.0 Å². The summed E-state index contributed by atoms with van der Waals surface area (Å²) in [5.74, 6) is 0. The van der Waals surface area contributed by atoms with Gasteiger partial charge < -0.3 is 0 Å². The van der Waals surface area contributed by atoms with E-state index >= 15 is 0 Å². The van der Waals surface area contributed by atoms with Crippen molar-refractivity contribution in [3.8, 4) is 0 Å². The van der Waals surface area contributed by atoms with E-state index in [-0.39, 0.29) is 22.0 Å². The van der Waals surface area contributed by atoms with Gasteiger partial charge in [0.2, 0.25) is 10.0 Å². The predicted octanol–water partition coefficient (Wildman–Crippen LogP) is 2.33. The highest BCUT2D eigenvalue weighted by Gasteiger charge is 2.19. The number of nitrogens with one attached hydrogen (secondary N) is 2. The van der Waals surface area contributed by atoms with E-state index in [2.05, 4.69) is 14.4 Å². The molecule has 3 aromatic rings. The van der Waals surface area contributed by atoms with Crippen molar-refractivity contribution < 1.29 is 16.8 Å². The van der Waals surface area contributed by atoms with Crippen molar-refractivity contribution in [1.29, 1.82) is 0 Å². The predicted molar refractivity (Wildman–Crippen MR) is 99.9 cm³/mol. The number of rotatable bonds is 6. The number of pyridine rings is 1. The SMILES string of the molecule is CCNS(=O)(=O)c1ccc(NS(=O)(=O)c2cccc3cccnc23)cc1. The normalized spacial score (nSPS) is 12.2. The third kappa shape index (κ3) is 3.69. The maximum absolute atomic E-state index is 12.7. The average Bonchev–Trinajstić information content (AvgIpc) is 2.61. The number of para-hydroxylation sites is 1. The Labute approximate surface area is 152 Å². The van der Waals surface area contributed by atoms with Gasteiger partial charge in [0.1, 0.15) is 4.90 Å². The largest absolute Gasteiger partial charge is 0.280 e. The minimum absolute atomic E-state index is 0.0555. The van der Waals surface area contributed by atoms with Crippen LogP contribution in [0.3, 0.4) is 0 Å². The van der Waals surface area contributed by atoms with Gasteiger partial charge in [0, 0.05) is 23.8 Å². The Kier molecular flexibility index (Phi) is 4.94. The van der Waals surface area contributed by atoms with E-state index in [9.17, 15) is 16.8 Å². The van der Waals surface area contributed by atoms with Gasteiger partial charge in [-0.2, -0.15) is 0 Å². The molecular formula is C17H17N3O4S2. The van der Waals surface area contributed by atoms with Gasteiger partial charge in [-0.3, -0.25) is 9.71 Å². The molecule has 2 aromatic carbocycles. The van der Waals surface area contributed by atoms with E-state index in [1.807, 2.05) is 0 Å². The van der Waals surface area contributed by atoms with Crippen molar-refractivity contribution in [3.05, 3.63) is 60.8 Å². The molecule has 26 heavy (non-hydrogen) atoms. The lowest BCUT2D eigenvalue weighted by Gasteiger charge is -2.11. The van der Waals surface area contributed by atoms with Crippen LogP contribution in [0, 0.1) is 0 Å². The van der Waals surface area contributed by atoms with Gasteiger partial charge >= 0.3 is 0 Å². The highest BCUT2D eigenvalue weighted by atomic mass is 32.2. The van der Waals surface area contributed by atoms with Gasteiger partial charge in [-0.15, -0.1) is 0 Å². The molecule has 2 N–H and O–H groups in total. The summed E-state index contributed by atoms with van der Waals surface area (Å²) in [6.07, 6.45) is 1.53. The second-order valence-corrected chi connectivity index (χ2v) is 8.88. The number of sulfonamides is 2. The summed E-state index contributed by atoms with van der Waals surface area (Å²) in [7, 11) is -7.47. The topological polar surface area (TPSA) is 105 Å². The molecule has 0 atom stereocenters. The van der Waals surface area contributed by atoms with E-state index in [0.29, 0.717) is 10.9 Å². The Bertz CT molecular complexity index is 1140. The summed E-state index contributed by atoms with van der Waals surface area (Å²) in [6.45, 7) is 1.95. The molecule has 0 fully saturated rings. The van der Waals surface area contributed by atoms with E-state index in [1.54, 1.807) is 31.2 Å². The fraction of sp³-hybridized carbons (Fsp3) is 0.118. The molecule has 0 bridgehead atoms. The van der Waals surface area contributed by atoms with Crippen LogP contribution < -0.4 is 9.44 Å². The lowest BCUT2D eigenvalue weighted by atomic mass is 10.2. The fourth-order valence-corrected chi connectivity index (χ4v) is 4.76. The molecule has 3 rings (SSSR count). The number of benzene rings is 2. The molecule has 0 unspecified atom stereocenters. The first-order chi connectivity index (χ1) is 12.3. The van der Waals surface area contributed by atoms with Crippen LogP contribution in [-0.2, 0) is 20.0 Å². The van der Waals surface area contributed by atoms with Crippen molar-refractivity contribution in [2.24, 2.45) is 0 Å². The highest BCUT2D eigenvalue weighted by Crippen LogP contribution is 2.23. The van der Waals surface area contributed by atoms with Crippen LogP contribution in [0.4, 0.5) is 5.69 Å². The zero-order valence-corrected chi connectivity index (χ0v) is 15.5. The van der Waals surface area contributed by atoms with Gasteiger partial charge in [0.05, 0.1) is 10.4 Å². The molecule has 136 valence electrons. The minimum Gasteiger partial charge on any atom is -0.280 e. The number of fused-ring (bicyclic) bond motifs is 1. The first-order valence-electron chi connectivity index (χ1n) is 7.80. The van der Waals surface area contributed by atoms with Crippen LogP contribution in [0.15, 0.2) is 70.6 Å². The standard InChI is InChI=1S/C17H17N3O4S2/c1-2-19-25(21,22)15-10-8-14(9-11-15)20-26(23,24)16-7-3-5-13-6-4-12-18-17(13)16/h3-12,19-20H,2H2,1H3. The monoisotopic (exact) mass is 391 g/mol. The molecule has 0 aliphatic heterocycles. The van der Waals surface area contributed by atoms with Crippen molar-refractivity contribution >= 4 is 36.6 Å². The molecule has 1 heterocycles. The fourth-order valence-electron chi connectivity index (χ4n) is 2.48. The Balaban J connectivity index is 1.93. The highest BCUT2D eigenvalue weighted by molar-refractivity contribution is 7.93. The lowest BCUT2D eigenvalue weighted by Crippen LogP contribution is -2.23. The number of hydrogen-bond donors (Lipinski definition) is 2. The zero-order chi connectivity index (χ0) is 18.8. The maximum Gasteiger partial charge on any atom is 0.264 e. The summed E-state index contributed by atoms with van der Waals surface area (Å²) >= 11 is 0. The Morgan fingerprint density at radius 2 is 1.58 bits per heavy atom. The summed E-state index contributed by atoms with van der Waals surface area (Å²) in [4.78, 5) is 4.27. The summed E-state index contributed by atoms with van der Waals surface area (Å²) in [5, 5.41) is 0.711. The summed E-state index contributed by atoms with van der Waals surface area (Å²) in [6, 6.07) is 13.9. The van der Waals surface area contributed by atoms with Gasteiger partial charge in [-0.1, -0.05) is 25.1 Å². The molecule has 0 aliphatic carbocycles. The van der Waals surface area contributed by atoms with Crippen LogP contribution in [-0.4, -0.2) is 28.4 Å². The van der Waals surface area contributed by atoms with Crippen molar-refractivity contribution in [2.75, 3.05) is 11.3 Å². The Morgan fingerprint density at radius 3 is 2.27 bits per heavy atom. The molecule has 7 nitrogen and oxygen atoms in total. The molecule has 0 amide bonds. The van der Waals surface area contributed by atoms with Crippen LogP contribution in [0.25, 0.3) is 10.9 Å². The lowest BCUT2D eigenvalue weighted by molar-refractivity contribution is 0.584. The molecule has 0 spiro atoms. The molecule has 9 heteroatoms. The quantitative estimate of drug-likeness (QED) is 0.671. The Morgan fingerprint density at radius 1 is 0.885 bits per heavy atom. The second kappa shape index (κ2) is 7.02. The van der Waals surface area contributed by atoms with Crippen LogP contribution in [0.5, 0.6) is 0 Å². The average molecular weight is 391 g/mol. The maximum atomic E-state index is 12.7. The molecule has 0 aliphatic rings. The molecule has 1 aromatic heterocycles. The van der Waals surface area contributed by atoms with Gasteiger partial charge in [-0.25, -0.2) is 21.6 Å². The summed E-state index contributed by atoms with van der Waals surface area (Å²) < 4.78 is 54.1. The molecular weight excluding hydrogens is 374 g/mol. The smallest absolute Gasteiger partial charge is 0.264 e. The number of hydrogen-bond acceptors (Lipinski definition) is 5. The van der Waals surface area contributed by atoms with Crippen LogP contribution in [0.1, 0.15) is 6.92 Å².